The minimum atomic E-state index is 0. The number of nitrogens with zero attached hydrogens (tertiary/aromatic N) is 1. The summed E-state index contributed by atoms with van der Waals surface area (Å²) in [6, 6.07) is 8.29. The van der Waals surface area contributed by atoms with E-state index in [-0.39, 0.29) is 42.0 Å². The molecule has 0 amide bonds. The zero-order valence-corrected chi connectivity index (χ0v) is 12.4. The van der Waals surface area contributed by atoms with Gasteiger partial charge in [-0.15, -0.1) is 17.7 Å². The third-order valence-corrected chi connectivity index (χ3v) is 2.09. The Labute approximate surface area is 127 Å². The number of rotatable bonds is 2. The summed E-state index contributed by atoms with van der Waals surface area (Å²) in [5.74, 6) is 0. The van der Waals surface area contributed by atoms with E-state index in [1.807, 2.05) is 12.3 Å². The number of H-pyrrole nitrogens is 1. The molecule has 0 bridgehead atoms. The fourth-order valence-electron chi connectivity index (χ4n) is 1.49. The quantitative estimate of drug-likeness (QED) is 0.429. The molecule has 2 aromatic rings. The van der Waals surface area contributed by atoms with Crippen LogP contribution in [0.5, 0.6) is 0 Å². The van der Waals surface area contributed by atoms with Gasteiger partial charge in [-0.05, 0) is 24.6 Å². The van der Waals surface area contributed by atoms with Gasteiger partial charge in [-0.3, -0.25) is 0 Å². The number of fused-ring (bicyclic) bond motifs is 1. The molecule has 88 valence electrons. The number of para-hydroxylation sites is 1. The third kappa shape index (κ3) is 5.52. The van der Waals surface area contributed by atoms with E-state index >= 15 is 0 Å². The molecule has 0 aliphatic rings. The normalized spacial score (nSPS) is 8.29. The Morgan fingerprint density at radius 1 is 1.35 bits per heavy atom. The van der Waals surface area contributed by atoms with E-state index in [4.69, 9.17) is 15.8 Å². The van der Waals surface area contributed by atoms with Crippen LogP contribution in [0.4, 0.5) is 0 Å². The summed E-state index contributed by atoms with van der Waals surface area (Å²) in [7, 11) is 0. The maximum Gasteiger partial charge on any atom is 1.00 e. The summed E-state index contributed by atoms with van der Waals surface area (Å²) in [6.07, 6.45) is 2.99. The number of hydrogen-bond acceptors (Lipinski definition) is 4. The molecule has 1 aromatic carbocycles. The topological polar surface area (TPSA) is 94.3 Å². The van der Waals surface area contributed by atoms with Crippen LogP contribution in [-0.2, 0) is 6.42 Å². The fraction of sp³-hybridized carbons (Fsp3) is 0.200. The molecule has 3 N–H and O–H groups in total. The van der Waals surface area contributed by atoms with Gasteiger partial charge < -0.3 is 20.8 Å². The largest absolute Gasteiger partial charge is 1.00 e. The van der Waals surface area contributed by atoms with Crippen LogP contribution in [-0.4, -0.2) is 11.5 Å². The SMILES string of the molecule is Cl.NCCc1c[nH]c2ccccc12.O=N[O-].[Na+]. The number of nitrogens with one attached hydrogen (secondary N) is 1. The van der Waals surface area contributed by atoms with E-state index in [1.165, 1.54) is 16.5 Å². The zero-order valence-electron chi connectivity index (χ0n) is 9.55. The Balaban J connectivity index is 0. The van der Waals surface area contributed by atoms with Crippen molar-refractivity contribution in [1.29, 1.82) is 0 Å². The van der Waals surface area contributed by atoms with Crippen molar-refractivity contribution in [3.8, 4) is 0 Å². The van der Waals surface area contributed by atoms with Crippen LogP contribution in [0.2, 0.25) is 0 Å². The van der Waals surface area contributed by atoms with Crippen LogP contribution in [0.25, 0.3) is 10.9 Å². The molecule has 0 aliphatic heterocycles. The first-order valence-electron chi connectivity index (χ1n) is 4.53. The van der Waals surface area contributed by atoms with E-state index in [2.05, 4.69) is 23.2 Å². The van der Waals surface area contributed by atoms with Gasteiger partial charge in [-0.2, -0.15) is 0 Å². The molecule has 0 spiro atoms. The van der Waals surface area contributed by atoms with Crippen molar-refractivity contribution >= 4 is 23.3 Å². The molecule has 0 unspecified atom stereocenters. The van der Waals surface area contributed by atoms with Crippen molar-refractivity contribution in [2.24, 2.45) is 11.1 Å². The van der Waals surface area contributed by atoms with Gasteiger partial charge in [0.25, 0.3) is 0 Å². The molecular formula is C10H13ClN3NaO2. The first-order chi connectivity index (χ1) is 7.33. The van der Waals surface area contributed by atoms with Crippen molar-refractivity contribution in [3.63, 3.8) is 0 Å². The Bertz CT molecular complexity index is 436. The number of halogens is 1. The maximum atomic E-state index is 8.00. The second-order valence-electron chi connectivity index (χ2n) is 2.97. The van der Waals surface area contributed by atoms with Crippen LogP contribution < -0.4 is 35.3 Å². The van der Waals surface area contributed by atoms with Crippen LogP contribution in [0.15, 0.2) is 35.8 Å². The van der Waals surface area contributed by atoms with E-state index in [0.29, 0.717) is 6.54 Å². The van der Waals surface area contributed by atoms with Crippen LogP contribution in [0.1, 0.15) is 5.56 Å². The van der Waals surface area contributed by atoms with Crippen molar-refractivity contribution in [1.82, 2.24) is 4.98 Å². The molecule has 0 aliphatic carbocycles. The Kier molecular flexibility index (Phi) is 11.7. The predicted molar refractivity (Wildman–Crippen MR) is 67.5 cm³/mol. The fourth-order valence-corrected chi connectivity index (χ4v) is 1.49. The van der Waals surface area contributed by atoms with E-state index in [0.717, 1.165) is 11.8 Å². The average molecular weight is 266 g/mol. The minimum absolute atomic E-state index is 0. The van der Waals surface area contributed by atoms with E-state index in [1.54, 1.807) is 0 Å². The molecule has 2 rings (SSSR count). The number of nitrogens with two attached hydrogens (primary N) is 1. The van der Waals surface area contributed by atoms with Gasteiger partial charge in [0, 0.05) is 17.1 Å². The van der Waals surface area contributed by atoms with Gasteiger partial charge in [0.05, 0.1) is 0 Å². The zero-order chi connectivity index (χ0) is 11.1. The summed E-state index contributed by atoms with van der Waals surface area (Å²) in [6.45, 7) is 0.710. The summed E-state index contributed by atoms with van der Waals surface area (Å²) in [5.41, 5.74) is 8.01. The Hall–Kier alpha value is -0.590. The maximum absolute atomic E-state index is 8.00. The van der Waals surface area contributed by atoms with Gasteiger partial charge in [0.15, 0.2) is 0 Å². The van der Waals surface area contributed by atoms with Gasteiger partial charge in [-0.25, -0.2) is 0 Å². The Morgan fingerprint density at radius 2 is 1.94 bits per heavy atom. The summed E-state index contributed by atoms with van der Waals surface area (Å²) < 4.78 is 0. The van der Waals surface area contributed by atoms with Crippen molar-refractivity contribution in [2.45, 2.75) is 6.42 Å². The predicted octanol–water partition coefficient (Wildman–Crippen LogP) is -0.655. The number of aromatic nitrogens is 1. The summed E-state index contributed by atoms with van der Waals surface area (Å²) >= 11 is 0. The van der Waals surface area contributed by atoms with Crippen LogP contribution in [0, 0.1) is 10.1 Å². The molecule has 0 saturated heterocycles. The van der Waals surface area contributed by atoms with Crippen LogP contribution in [0.3, 0.4) is 0 Å². The van der Waals surface area contributed by atoms with Gasteiger partial charge in [0.2, 0.25) is 0 Å². The van der Waals surface area contributed by atoms with Gasteiger partial charge in [0.1, 0.15) is 0 Å². The molecule has 0 radical (unpaired) electrons. The molecule has 7 heteroatoms. The van der Waals surface area contributed by atoms with E-state index in [9.17, 15) is 0 Å². The summed E-state index contributed by atoms with van der Waals surface area (Å²) in [4.78, 5) is 11.2. The number of aromatic amines is 1. The van der Waals surface area contributed by atoms with E-state index < -0.39 is 0 Å². The smallest absolute Gasteiger partial charge is 0.444 e. The first kappa shape index (κ1) is 18.8. The molecule has 0 atom stereocenters. The number of benzene rings is 1. The standard InChI is InChI=1S/C10H12N2.ClH.HNO2.Na/c11-6-5-8-7-12-10-4-2-1-3-9(8)10;;2-1-3;/h1-4,7,12H,5-6,11H2;1H;(H,2,3);/q;;;+1/p-1. The number of hydrogen-bond donors (Lipinski definition) is 2. The second-order valence-corrected chi connectivity index (χ2v) is 2.97. The Morgan fingerprint density at radius 3 is 2.53 bits per heavy atom. The molecule has 0 fully saturated rings. The van der Waals surface area contributed by atoms with Crippen molar-refractivity contribution in [3.05, 3.63) is 46.1 Å². The second kappa shape index (κ2) is 10.6. The molecule has 1 heterocycles. The summed E-state index contributed by atoms with van der Waals surface area (Å²) in [5, 5.41) is 10.3. The third-order valence-electron chi connectivity index (χ3n) is 2.09. The first-order valence-corrected chi connectivity index (χ1v) is 4.53. The average Bonchev–Trinajstić information content (AvgIpc) is 2.64. The monoisotopic (exact) mass is 265 g/mol. The van der Waals surface area contributed by atoms with Crippen LogP contribution >= 0.6 is 12.4 Å². The molecule has 5 nitrogen and oxygen atoms in total. The minimum Gasteiger partial charge on any atom is -0.444 e. The van der Waals surface area contributed by atoms with Crippen molar-refractivity contribution < 1.29 is 29.6 Å². The molecule has 1 aromatic heterocycles. The molecule has 17 heavy (non-hydrogen) atoms. The molecule has 0 saturated carbocycles. The van der Waals surface area contributed by atoms with Crippen molar-refractivity contribution in [2.75, 3.05) is 6.54 Å². The van der Waals surface area contributed by atoms with Gasteiger partial charge in [-0.1, -0.05) is 18.2 Å². The van der Waals surface area contributed by atoms with Gasteiger partial charge >= 0.3 is 29.6 Å². The molecular weight excluding hydrogens is 253 g/mol.